The lowest BCUT2D eigenvalue weighted by Gasteiger charge is -2.35. The van der Waals surface area contributed by atoms with E-state index in [9.17, 15) is 40.2 Å². The predicted octanol–water partition coefficient (Wildman–Crippen LogP) is 3.91. The molecule has 0 unspecified atom stereocenters. The second-order valence-electron chi connectivity index (χ2n) is 7.31. The van der Waals surface area contributed by atoms with Gasteiger partial charge in [-0.3, -0.25) is 0 Å². The van der Waals surface area contributed by atoms with Gasteiger partial charge in [-0.25, -0.2) is 22.0 Å². The van der Waals surface area contributed by atoms with Crippen LogP contribution < -0.4 is 10.6 Å². The highest BCUT2D eigenvalue weighted by molar-refractivity contribution is 5.66. The number of alkyl halides is 7. The van der Waals surface area contributed by atoms with Gasteiger partial charge >= 0.3 is 6.18 Å². The molecule has 2 aliphatic carbocycles. The first-order valence-corrected chi connectivity index (χ1v) is 8.86. The summed E-state index contributed by atoms with van der Waals surface area (Å²) in [7, 11) is 0. The number of allylic oxidation sites excluding steroid dienone is 1. The Morgan fingerprint density at radius 1 is 1.07 bits per heavy atom. The van der Waals surface area contributed by atoms with E-state index in [1.54, 1.807) is 0 Å². The predicted molar refractivity (Wildman–Crippen MR) is 88.8 cm³/mol. The van der Waals surface area contributed by atoms with Crippen LogP contribution in [0.15, 0.2) is 5.83 Å². The molecule has 1 aromatic heterocycles. The maximum absolute atomic E-state index is 14.3. The van der Waals surface area contributed by atoms with Crippen molar-refractivity contribution >= 4 is 17.5 Å². The second-order valence-corrected chi connectivity index (χ2v) is 7.31. The molecule has 6 nitrogen and oxygen atoms in total. The van der Waals surface area contributed by atoms with Gasteiger partial charge in [0.1, 0.15) is 11.9 Å². The summed E-state index contributed by atoms with van der Waals surface area (Å²) in [5, 5.41) is 13.9. The smallest absolute Gasteiger partial charge is 0.380 e. The highest BCUT2D eigenvalue weighted by atomic mass is 19.4. The van der Waals surface area contributed by atoms with Crippen LogP contribution in [0.25, 0.3) is 5.57 Å². The Labute approximate surface area is 164 Å². The molecule has 168 valence electrons. The zero-order valence-corrected chi connectivity index (χ0v) is 15.4. The number of nitrogens with zero attached hydrogens (tertiary/aromatic N) is 3. The molecule has 2 atom stereocenters. The maximum Gasteiger partial charge on any atom is 0.408 e. The Hall–Kier alpha value is -2.25. The number of halogens is 8. The third-order valence-electron chi connectivity index (χ3n) is 4.80. The fourth-order valence-corrected chi connectivity index (χ4v) is 2.98. The minimum absolute atomic E-state index is 0.426. The number of hydrogen-bond donors (Lipinski definition) is 3. The average molecular weight is 447 g/mol. The SMILES string of the molecule is C[C@@H](Nc1nc(NC2CC(F)(F)C2)nc(C2=C(F)[C@H](O)C(F)(F)CC2)n1)C(F)(F)F. The molecule has 2 aliphatic rings. The van der Waals surface area contributed by atoms with E-state index in [0.717, 1.165) is 6.92 Å². The van der Waals surface area contributed by atoms with E-state index < -0.39 is 91.0 Å². The Kier molecular flexibility index (Phi) is 5.58. The number of anilines is 2. The highest BCUT2D eigenvalue weighted by Gasteiger charge is 2.47. The fourth-order valence-electron chi connectivity index (χ4n) is 2.98. The summed E-state index contributed by atoms with van der Waals surface area (Å²) >= 11 is 0. The summed E-state index contributed by atoms with van der Waals surface area (Å²) in [5.41, 5.74) is -0.527. The summed E-state index contributed by atoms with van der Waals surface area (Å²) in [6.07, 6.45) is -10.1. The second kappa shape index (κ2) is 7.46. The zero-order valence-electron chi connectivity index (χ0n) is 15.4. The van der Waals surface area contributed by atoms with Gasteiger partial charge in [-0.2, -0.15) is 28.1 Å². The van der Waals surface area contributed by atoms with Gasteiger partial charge < -0.3 is 15.7 Å². The van der Waals surface area contributed by atoms with Crippen LogP contribution in [0, 0.1) is 0 Å². The first-order valence-electron chi connectivity index (χ1n) is 8.86. The molecule has 0 aromatic carbocycles. The van der Waals surface area contributed by atoms with Crippen LogP contribution in [-0.2, 0) is 0 Å². The van der Waals surface area contributed by atoms with Crippen molar-refractivity contribution in [1.82, 2.24) is 15.0 Å². The van der Waals surface area contributed by atoms with Gasteiger partial charge in [0.25, 0.3) is 11.8 Å². The molecule has 1 aromatic rings. The van der Waals surface area contributed by atoms with Crippen molar-refractivity contribution < 1.29 is 40.2 Å². The molecule has 0 amide bonds. The summed E-state index contributed by atoms with van der Waals surface area (Å²) in [4.78, 5) is 11.1. The minimum atomic E-state index is -4.69. The summed E-state index contributed by atoms with van der Waals surface area (Å²) in [5.74, 6) is -9.93. The molecule has 0 spiro atoms. The van der Waals surface area contributed by atoms with Crippen molar-refractivity contribution in [3.8, 4) is 0 Å². The third-order valence-corrected chi connectivity index (χ3v) is 4.80. The normalized spacial score (nSPS) is 24.9. The van der Waals surface area contributed by atoms with Crippen molar-refractivity contribution in [3.63, 3.8) is 0 Å². The monoisotopic (exact) mass is 447 g/mol. The molecule has 0 radical (unpaired) electrons. The van der Waals surface area contributed by atoms with Crippen LogP contribution in [0.2, 0.25) is 0 Å². The summed E-state index contributed by atoms with van der Waals surface area (Å²) in [6.45, 7) is 0.758. The van der Waals surface area contributed by atoms with E-state index in [4.69, 9.17) is 0 Å². The van der Waals surface area contributed by atoms with E-state index in [2.05, 4.69) is 20.3 Å². The molecular weight excluding hydrogens is 430 g/mol. The standard InChI is InChI=1S/C16H17F8N5O/c1-6(16(22,23)24)25-12-27-11(8-2-3-15(20,21)10(30)9(8)17)28-13(29-12)26-7-4-14(18,19)5-7/h6-7,10,30H,2-5H2,1H3,(H2,25,26,27,28,29)/t6-,10+/m1/s1. The molecule has 0 bridgehead atoms. The molecule has 3 N–H and O–H groups in total. The van der Waals surface area contributed by atoms with Crippen molar-refractivity contribution in [2.45, 2.75) is 68.8 Å². The Morgan fingerprint density at radius 2 is 1.67 bits per heavy atom. The molecular formula is C16H17F8N5O. The van der Waals surface area contributed by atoms with Gasteiger partial charge in [0.05, 0.1) is 0 Å². The van der Waals surface area contributed by atoms with Crippen LogP contribution >= 0.6 is 0 Å². The quantitative estimate of drug-likeness (QED) is 0.594. The third kappa shape index (κ3) is 4.73. The lowest BCUT2D eigenvalue weighted by molar-refractivity contribution is -0.138. The largest absolute Gasteiger partial charge is 0.408 e. The molecule has 1 fully saturated rings. The van der Waals surface area contributed by atoms with Crippen molar-refractivity contribution in [1.29, 1.82) is 0 Å². The molecule has 3 rings (SSSR count). The first kappa shape index (κ1) is 22.4. The van der Waals surface area contributed by atoms with Gasteiger partial charge in [-0.05, 0) is 13.3 Å². The van der Waals surface area contributed by atoms with E-state index in [-0.39, 0.29) is 0 Å². The van der Waals surface area contributed by atoms with Crippen LogP contribution in [-0.4, -0.2) is 56.3 Å². The minimum Gasteiger partial charge on any atom is -0.380 e. The van der Waals surface area contributed by atoms with Gasteiger partial charge in [-0.1, -0.05) is 0 Å². The molecule has 1 heterocycles. The molecule has 30 heavy (non-hydrogen) atoms. The molecule has 0 aliphatic heterocycles. The number of nitrogens with one attached hydrogen (secondary N) is 2. The molecule has 14 heteroatoms. The number of rotatable bonds is 5. The fraction of sp³-hybridized carbons (Fsp3) is 0.688. The first-order chi connectivity index (χ1) is 13.7. The summed E-state index contributed by atoms with van der Waals surface area (Å²) < 4.78 is 106. The number of hydrogen-bond acceptors (Lipinski definition) is 6. The number of aliphatic hydroxyl groups excluding tert-OH is 1. The molecule has 0 saturated heterocycles. The van der Waals surface area contributed by atoms with E-state index >= 15 is 0 Å². The molecule has 1 saturated carbocycles. The zero-order chi connectivity index (χ0) is 22.5. The Balaban J connectivity index is 1.94. The lowest BCUT2D eigenvalue weighted by atomic mass is 9.88. The Morgan fingerprint density at radius 3 is 2.23 bits per heavy atom. The van der Waals surface area contributed by atoms with Gasteiger partial charge in [0.15, 0.2) is 11.9 Å². The number of aliphatic hydroxyl groups is 1. The van der Waals surface area contributed by atoms with Crippen molar-refractivity contribution in [2.75, 3.05) is 10.6 Å². The van der Waals surface area contributed by atoms with E-state index in [1.165, 1.54) is 0 Å². The van der Waals surface area contributed by atoms with Crippen molar-refractivity contribution in [3.05, 3.63) is 11.7 Å². The Bertz CT molecular complexity index is 835. The highest BCUT2D eigenvalue weighted by Crippen LogP contribution is 2.42. The van der Waals surface area contributed by atoms with Gasteiger partial charge in [-0.15, -0.1) is 0 Å². The lowest BCUT2D eigenvalue weighted by Crippen LogP contribution is -2.44. The number of aromatic nitrogens is 3. The van der Waals surface area contributed by atoms with E-state index in [0.29, 0.717) is 0 Å². The van der Waals surface area contributed by atoms with Crippen LogP contribution in [0.5, 0.6) is 0 Å². The maximum atomic E-state index is 14.3. The van der Waals surface area contributed by atoms with Crippen LogP contribution in [0.4, 0.5) is 47.0 Å². The average Bonchev–Trinajstić information content (AvgIpc) is 2.57. The van der Waals surface area contributed by atoms with Gasteiger partial charge in [0.2, 0.25) is 11.9 Å². The van der Waals surface area contributed by atoms with Crippen LogP contribution in [0.1, 0.15) is 38.4 Å². The van der Waals surface area contributed by atoms with Crippen molar-refractivity contribution in [2.24, 2.45) is 0 Å². The van der Waals surface area contributed by atoms with Gasteiger partial charge in [0, 0.05) is 30.9 Å². The van der Waals surface area contributed by atoms with E-state index in [1.807, 2.05) is 5.32 Å². The topological polar surface area (TPSA) is 83.0 Å². The summed E-state index contributed by atoms with van der Waals surface area (Å²) in [6, 6.07) is -2.92. The van der Waals surface area contributed by atoms with Crippen LogP contribution in [0.3, 0.4) is 0 Å².